The van der Waals surface area contributed by atoms with Crippen LogP contribution in [0.5, 0.6) is 0 Å². The van der Waals surface area contributed by atoms with Crippen molar-refractivity contribution in [3.05, 3.63) is 42.0 Å². The first-order chi connectivity index (χ1) is 14.0. The molecular formula is C23H30N2O4. The summed E-state index contributed by atoms with van der Waals surface area (Å²) in [5, 5.41) is 0. The van der Waals surface area contributed by atoms with Crippen molar-refractivity contribution in [2.75, 3.05) is 32.8 Å². The summed E-state index contributed by atoms with van der Waals surface area (Å²) in [6, 6.07) is 9.94. The summed E-state index contributed by atoms with van der Waals surface area (Å²) in [6.45, 7) is 3.82. The topological polar surface area (TPSA) is 66.9 Å². The van der Waals surface area contributed by atoms with Crippen molar-refractivity contribution in [3.8, 4) is 0 Å². The van der Waals surface area contributed by atoms with E-state index >= 15 is 0 Å². The van der Waals surface area contributed by atoms with Crippen LogP contribution >= 0.6 is 0 Å². The fourth-order valence-electron chi connectivity index (χ4n) is 4.16. The Kier molecular flexibility index (Phi) is 7.07. The number of ether oxygens (including phenoxy) is 1. The van der Waals surface area contributed by atoms with E-state index in [1.165, 1.54) is 0 Å². The normalized spacial score (nSPS) is 22.3. The van der Waals surface area contributed by atoms with E-state index in [2.05, 4.69) is 0 Å². The average molecular weight is 399 g/mol. The highest BCUT2D eigenvalue weighted by Gasteiger charge is 2.44. The maximum Gasteiger partial charge on any atom is 0.314 e. The number of benzene rings is 1. The molecule has 3 rings (SSSR count). The molecule has 1 atom stereocenters. The molecule has 0 bridgehead atoms. The Bertz CT molecular complexity index is 761. The van der Waals surface area contributed by atoms with E-state index in [1.807, 2.05) is 42.5 Å². The first-order valence-electron chi connectivity index (χ1n) is 10.5. The molecule has 2 heterocycles. The van der Waals surface area contributed by atoms with Gasteiger partial charge in [-0.1, -0.05) is 42.5 Å². The van der Waals surface area contributed by atoms with Crippen LogP contribution in [0.1, 0.15) is 44.6 Å². The van der Waals surface area contributed by atoms with Gasteiger partial charge in [-0.05, 0) is 38.2 Å². The zero-order valence-electron chi connectivity index (χ0n) is 17.1. The second-order valence-corrected chi connectivity index (χ2v) is 7.86. The predicted octanol–water partition coefficient (Wildman–Crippen LogP) is 2.88. The zero-order valence-corrected chi connectivity index (χ0v) is 17.1. The third-order valence-corrected chi connectivity index (χ3v) is 5.75. The van der Waals surface area contributed by atoms with Crippen LogP contribution in [-0.2, 0) is 19.1 Å². The third kappa shape index (κ3) is 5.25. The third-order valence-electron chi connectivity index (χ3n) is 5.75. The quantitative estimate of drug-likeness (QED) is 0.663. The van der Waals surface area contributed by atoms with Crippen LogP contribution in [0.3, 0.4) is 0 Å². The summed E-state index contributed by atoms with van der Waals surface area (Å²) in [6.07, 6.45) is 7.30. The van der Waals surface area contributed by atoms with E-state index in [-0.39, 0.29) is 24.3 Å². The second kappa shape index (κ2) is 9.72. The SMILES string of the molecule is CCOC(=O)[C@@]1(C/C=C/c2ccccc2)CCCN(C(=O)CN2CCCC2=O)C1. The van der Waals surface area contributed by atoms with Gasteiger partial charge in [0.15, 0.2) is 0 Å². The monoisotopic (exact) mass is 398 g/mol. The van der Waals surface area contributed by atoms with E-state index in [0.29, 0.717) is 45.5 Å². The summed E-state index contributed by atoms with van der Waals surface area (Å²) < 4.78 is 5.39. The molecular weight excluding hydrogens is 368 g/mol. The Morgan fingerprint density at radius 2 is 1.97 bits per heavy atom. The van der Waals surface area contributed by atoms with Gasteiger partial charge in [0.25, 0.3) is 0 Å². The van der Waals surface area contributed by atoms with E-state index in [0.717, 1.165) is 18.4 Å². The molecule has 2 aliphatic heterocycles. The van der Waals surface area contributed by atoms with Gasteiger partial charge in [-0.25, -0.2) is 0 Å². The highest BCUT2D eigenvalue weighted by atomic mass is 16.5. The lowest BCUT2D eigenvalue weighted by Crippen LogP contribution is -2.52. The van der Waals surface area contributed by atoms with Crippen LogP contribution in [0, 0.1) is 5.41 Å². The summed E-state index contributed by atoms with van der Waals surface area (Å²) in [5.41, 5.74) is 0.340. The Balaban J connectivity index is 1.71. The van der Waals surface area contributed by atoms with Gasteiger partial charge in [-0.2, -0.15) is 0 Å². The molecule has 1 aromatic rings. The van der Waals surface area contributed by atoms with E-state index in [4.69, 9.17) is 4.74 Å². The summed E-state index contributed by atoms with van der Waals surface area (Å²) >= 11 is 0. The fraction of sp³-hybridized carbons (Fsp3) is 0.522. The molecule has 1 aromatic carbocycles. The van der Waals surface area contributed by atoms with E-state index < -0.39 is 5.41 Å². The molecule has 0 N–H and O–H groups in total. The van der Waals surface area contributed by atoms with Gasteiger partial charge in [-0.15, -0.1) is 0 Å². The number of allylic oxidation sites excluding steroid dienone is 1. The second-order valence-electron chi connectivity index (χ2n) is 7.86. The van der Waals surface area contributed by atoms with Gasteiger partial charge < -0.3 is 14.5 Å². The minimum atomic E-state index is -0.732. The molecule has 2 aliphatic rings. The number of hydrogen-bond donors (Lipinski definition) is 0. The number of piperidine rings is 1. The van der Waals surface area contributed by atoms with Gasteiger partial charge in [-0.3, -0.25) is 14.4 Å². The number of hydrogen-bond acceptors (Lipinski definition) is 4. The van der Waals surface area contributed by atoms with Crippen molar-refractivity contribution in [1.82, 2.24) is 9.80 Å². The first-order valence-corrected chi connectivity index (χ1v) is 10.5. The number of amides is 2. The number of likely N-dealkylation sites (tertiary alicyclic amines) is 2. The summed E-state index contributed by atoms with van der Waals surface area (Å²) in [4.78, 5) is 40.9. The van der Waals surface area contributed by atoms with Crippen molar-refractivity contribution >= 4 is 23.9 Å². The maximum absolute atomic E-state index is 12.9. The molecule has 29 heavy (non-hydrogen) atoms. The maximum atomic E-state index is 12.9. The molecule has 0 spiro atoms. The van der Waals surface area contributed by atoms with Crippen molar-refractivity contribution in [2.24, 2.45) is 5.41 Å². The molecule has 2 fully saturated rings. The van der Waals surface area contributed by atoms with Crippen LogP contribution < -0.4 is 0 Å². The van der Waals surface area contributed by atoms with Gasteiger partial charge in [0.2, 0.25) is 11.8 Å². The molecule has 2 amide bonds. The number of nitrogens with zero attached hydrogens (tertiary/aromatic N) is 2. The summed E-state index contributed by atoms with van der Waals surface area (Å²) in [7, 11) is 0. The lowest BCUT2D eigenvalue weighted by Gasteiger charge is -2.41. The Labute approximate surface area is 172 Å². The van der Waals surface area contributed by atoms with Gasteiger partial charge in [0.05, 0.1) is 18.6 Å². The molecule has 156 valence electrons. The molecule has 2 saturated heterocycles. The standard InChI is InChI=1S/C23H30N2O4/c1-2-29-22(28)23(13-6-11-19-9-4-3-5-10-19)14-8-16-25(18-23)21(27)17-24-15-7-12-20(24)26/h3-6,9-11H,2,7-8,12-18H2,1H3/b11-6+/t23-/m0/s1. The highest BCUT2D eigenvalue weighted by molar-refractivity contribution is 5.86. The molecule has 0 radical (unpaired) electrons. The van der Waals surface area contributed by atoms with Crippen molar-refractivity contribution in [2.45, 2.75) is 39.0 Å². The van der Waals surface area contributed by atoms with Crippen LogP contribution in [0.25, 0.3) is 6.08 Å². The Morgan fingerprint density at radius 3 is 2.66 bits per heavy atom. The van der Waals surface area contributed by atoms with Crippen molar-refractivity contribution in [1.29, 1.82) is 0 Å². The molecule has 0 saturated carbocycles. The van der Waals surface area contributed by atoms with Crippen molar-refractivity contribution < 1.29 is 19.1 Å². The molecule has 0 aromatic heterocycles. The first kappa shape index (κ1) is 21.1. The molecule has 0 aliphatic carbocycles. The van der Waals surface area contributed by atoms with Gasteiger partial charge in [0, 0.05) is 26.1 Å². The van der Waals surface area contributed by atoms with Crippen molar-refractivity contribution in [3.63, 3.8) is 0 Å². The smallest absolute Gasteiger partial charge is 0.314 e. The molecule has 6 nitrogen and oxygen atoms in total. The minimum Gasteiger partial charge on any atom is -0.466 e. The highest BCUT2D eigenvalue weighted by Crippen LogP contribution is 2.36. The Morgan fingerprint density at radius 1 is 1.17 bits per heavy atom. The largest absolute Gasteiger partial charge is 0.466 e. The number of carbonyl (C=O) groups is 3. The fourth-order valence-corrected chi connectivity index (χ4v) is 4.16. The van der Waals surface area contributed by atoms with Crippen LogP contribution in [-0.4, -0.2) is 60.4 Å². The van der Waals surface area contributed by atoms with E-state index in [9.17, 15) is 14.4 Å². The van der Waals surface area contributed by atoms with E-state index in [1.54, 1.807) is 16.7 Å². The predicted molar refractivity (Wildman–Crippen MR) is 111 cm³/mol. The summed E-state index contributed by atoms with van der Waals surface area (Å²) in [5.74, 6) is -0.286. The molecule has 6 heteroatoms. The van der Waals surface area contributed by atoms with Gasteiger partial charge in [0.1, 0.15) is 0 Å². The van der Waals surface area contributed by atoms with Crippen LogP contribution in [0.15, 0.2) is 36.4 Å². The number of esters is 1. The number of carbonyl (C=O) groups excluding carboxylic acids is 3. The average Bonchev–Trinajstić information content (AvgIpc) is 3.13. The van der Waals surface area contributed by atoms with Gasteiger partial charge >= 0.3 is 5.97 Å². The minimum absolute atomic E-state index is 0.0396. The van der Waals surface area contributed by atoms with Crippen LogP contribution in [0.2, 0.25) is 0 Å². The lowest BCUT2D eigenvalue weighted by molar-refractivity contribution is -0.161. The lowest BCUT2D eigenvalue weighted by atomic mass is 9.76. The number of rotatable bonds is 7. The zero-order chi connectivity index (χ0) is 20.7. The molecule has 0 unspecified atom stereocenters. The Hall–Kier alpha value is -2.63. The van der Waals surface area contributed by atoms with Crippen LogP contribution in [0.4, 0.5) is 0 Å².